The molecule has 3 aromatic rings. The number of aryl methyl sites for hydroxylation is 2. The van der Waals surface area contributed by atoms with E-state index in [0.29, 0.717) is 30.3 Å². The van der Waals surface area contributed by atoms with E-state index in [1.807, 2.05) is 19.1 Å². The highest BCUT2D eigenvalue weighted by molar-refractivity contribution is 5.92. The third kappa shape index (κ3) is 4.08. The van der Waals surface area contributed by atoms with E-state index in [1.54, 1.807) is 12.1 Å². The highest BCUT2D eigenvalue weighted by atomic mass is 16.5. The summed E-state index contributed by atoms with van der Waals surface area (Å²) < 4.78 is 6.87. The molecule has 1 aromatic carbocycles. The van der Waals surface area contributed by atoms with E-state index in [4.69, 9.17) is 4.74 Å². The van der Waals surface area contributed by atoms with Crippen molar-refractivity contribution >= 4 is 22.8 Å². The van der Waals surface area contributed by atoms with E-state index in [-0.39, 0.29) is 23.5 Å². The van der Waals surface area contributed by atoms with Crippen molar-refractivity contribution in [3.63, 3.8) is 0 Å². The fourth-order valence-corrected chi connectivity index (χ4v) is 2.62. The van der Waals surface area contributed by atoms with Gasteiger partial charge in [0.25, 0.3) is 5.56 Å². The second-order valence-electron chi connectivity index (χ2n) is 6.09. The number of hydrogen-bond acceptors (Lipinski definition) is 5. The van der Waals surface area contributed by atoms with Crippen molar-refractivity contribution in [1.29, 1.82) is 0 Å². The molecule has 142 valence electrons. The molecule has 0 aliphatic carbocycles. The Morgan fingerprint density at radius 3 is 2.81 bits per heavy atom. The second kappa shape index (κ2) is 7.90. The minimum Gasteiger partial charge on any atom is -0.491 e. The number of imidazole rings is 1. The number of nitrogens with one attached hydrogen (secondary N) is 3. The summed E-state index contributed by atoms with van der Waals surface area (Å²) in [5, 5.41) is 2.83. The first-order valence-electron chi connectivity index (χ1n) is 8.69. The lowest BCUT2D eigenvalue weighted by Gasteiger charge is -2.11. The monoisotopic (exact) mass is 371 g/mol. The van der Waals surface area contributed by atoms with Gasteiger partial charge in [0.1, 0.15) is 17.1 Å². The van der Waals surface area contributed by atoms with E-state index < -0.39 is 11.2 Å². The van der Waals surface area contributed by atoms with Crippen LogP contribution < -0.4 is 21.3 Å². The van der Waals surface area contributed by atoms with Crippen LogP contribution in [0.4, 0.5) is 5.69 Å². The van der Waals surface area contributed by atoms with Gasteiger partial charge in [-0.1, -0.05) is 19.1 Å². The Balaban J connectivity index is 1.69. The lowest BCUT2D eigenvalue weighted by atomic mass is 10.2. The summed E-state index contributed by atoms with van der Waals surface area (Å²) in [6.07, 6.45) is 1.33. The zero-order valence-corrected chi connectivity index (χ0v) is 15.2. The molecule has 0 saturated carbocycles. The van der Waals surface area contributed by atoms with Gasteiger partial charge in [-0.15, -0.1) is 0 Å². The van der Waals surface area contributed by atoms with Crippen LogP contribution >= 0.6 is 0 Å². The van der Waals surface area contributed by atoms with Crippen LogP contribution in [0.15, 0.2) is 33.9 Å². The van der Waals surface area contributed by atoms with Gasteiger partial charge in [0.15, 0.2) is 5.65 Å². The highest BCUT2D eigenvalue weighted by Crippen LogP contribution is 2.24. The van der Waals surface area contributed by atoms with Crippen LogP contribution in [-0.2, 0) is 18.3 Å². The van der Waals surface area contributed by atoms with Crippen LogP contribution in [-0.4, -0.2) is 32.0 Å². The zero-order valence-electron chi connectivity index (χ0n) is 15.2. The smallest absolute Gasteiger partial charge is 0.329 e. The van der Waals surface area contributed by atoms with Gasteiger partial charge in [0.05, 0.1) is 12.3 Å². The molecule has 0 saturated heterocycles. The van der Waals surface area contributed by atoms with E-state index in [9.17, 15) is 14.4 Å². The molecule has 0 radical (unpaired) electrons. The second-order valence-corrected chi connectivity index (χ2v) is 6.09. The van der Waals surface area contributed by atoms with Gasteiger partial charge in [-0.2, -0.15) is 0 Å². The minimum absolute atomic E-state index is 0.161. The predicted molar refractivity (Wildman–Crippen MR) is 101 cm³/mol. The van der Waals surface area contributed by atoms with Gasteiger partial charge < -0.3 is 15.0 Å². The highest BCUT2D eigenvalue weighted by Gasteiger charge is 2.13. The van der Waals surface area contributed by atoms with Gasteiger partial charge in [0, 0.05) is 19.9 Å². The molecule has 3 rings (SSSR count). The average molecular weight is 371 g/mol. The number of aromatic nitrogens is 4. The summed E-state index contributed by atoms with van der Waals surface area (Å²) in [5.74, 6) is 0.881. The molecule has 0 atom stereocenters. The first-order valence-corrected chi connectivity index (χ1v) is 8.69. The van der Waals surface area contributed by atoms with Crippen molar-refractivity contribution in [2.75, 3.05) is 11.9 Å². The number of aromatic amines is 2. The van der Waals surface area contributed by atoms with Crippen LogP contribution in [0.2, 0.25) is 0 Å². The van der Waals surface area contributed by atoms with Gasteiger partial charge in [-0.3, -0.25) is 19.1 Å². The maximum Gasteiger partial charge on any atom is 0.329 e. The summed E-state index contributed by atoms with van der Waals surface area (Å²) in [6, 6.07) is 7.24. The van der Waals surface area contributed by atoms with Crippen molar-refractivity contribution in [2.45, 2.75) is 26.2 Å². The molecule has 27 heavy (non-hydrogen) atoms. The molecule has 3 N–H and O–H groups in total. The Morgan fingerprint density at radius 2 is 2.04 bits per heavy atom. The quantitative estimate of drug-likeness (QED) is 0.578. The third-order valence-electron chi connectivity index (χ3n) is 4.02. The summed E-state index contributed by atoms with van der Waals surface area (Å²) in [4.78, 5) is 45.1. The first kappa shape index (κ1) is 18.4. The molecule has 2 heterocycles. The molecule has 0 spiro atoms. The fourth-order valence-electron chi connectivity index (χ4n) is 2.62. The Hall–Kier alpha value is -3.36. The SMILES string of the molecule is CCCOc1ccccc1NC(=O)CCc1nc2c([nH]1)c(=O)[nH]c(=O)n2C. The van der Waals surface area contributed by atoms with Crippen LogP contribution in [0.3, 0.4) is 0 Å². The number of para-hydroxylation sites is 2. The predicted octanol–water partition coefficient (Wildman–Crippen LogP) is 1.31. The molecule has 1 amide bonds. The molecule has 0 aliphatic rings. The van der Waals surface area contributed by atoms with Crippen LogP contribution in [0.1, 0.15) is 25.6 Å². The summed E-state index contributed by atoms with van der Waals surface area (Å²) >= 11 is 0. The number of nitrogens with zero attached hydrogens (tertiary/aromatic N) is 2. The Labute approximate surface area is 154 Å². The number of fused-ring (bicyclic) bond motifs is 1. The molecular weight excluding hydrogens is 350 g/mol. The number of carbonyl (C=O) groups is 1. The van der Waals surface area contributed by atoms with Crippen molar-refractivity contribution in [2.24, 2.45) is 7.05 Å². The number of benzene rings is 1. The lowest BCUT2D eigenvalue weighted by Crippen LogP contribution is -2.28. The number of hydrogen-bond donors (Lipinski definition) is 3. The number of rotatable bonds is 7. The number of ether oxygens (including phenoxy) is 1. The molecule has 9 heteroatoms. The average Bonchev–Trinajstić information content (AvgIpc) is 3.09. The van der Waals surface area contributed by atoms with Gasteiger partial charge in [0.2, 0.25) is 5.91 Å². The molecule has 9 nitrogen and oxygen atoms in total. The standard InChI is InChI=1S/C18H21N5O4/c1-3-10-27-12-7-5-4-6-11(12)19-14(24)9-8-13-20-15-16(21-13)23(2)18(26)22-17(15)25/h4-7H,3,8-10H2,1-2H3,(H,19,24)(H,20,21)(H,22,25,26). The molecule has 0 unspecified atom stereocenters. The summed E-state index contributed by atoms with van der Waals surface area (Å²) in [7, 11) is 1.52. The van der Waals surface area contributed by atoms with Crippen LogP contribution in [0, 0.1) is 0 Å². The molecular formula is C18H21N5O4. The van der Waals surface area contributed by atoms with Crippen LogP contribution in [0.25, 0.3) is 11.2 Å². The topological polar surface area (TPSA) is 122 Å². The molecule has 0 bridgehead atoms. The lowest BCUT2D eigenvalue weighted by molar-refractivity contribution is -0.116. The molecule has 2 aromatic heterocycles. The van der Waals surface area contributed by atoms with E-state index in [1.165, 1.54) is 11.6 Å². The molecule has 0 aliphatic heterocycles. The van der Waals surface area contributed by atoms with E-state index in [0.717, 1.165) is 6.42 Å². The van der Waals surface area contributed by atoms with Crippen molar-refractivity contribution in [3.8, 4) is 5.75 Å². The van der Waals surface area contributed by atoms with Crippen molar-refractivity contribution in [1.82, 2.24) is 19.5 Å². The third-order valence-corrected chi connectivity index (χ3v) is 4.02. The number of amides is 1. The number of anilines is 1. The maximum absolute atomic E-state index is 12.3. The van der Waals surface area contributed by atoms with Gasteiger partial charge >= 0.3 is 5.69 Å². The van der Waals surface area contributed by atoms with E-state index in [2.05, 4.69) is 20.3 Å². The zero-order chi connectivity index (χ0) is 19.4. The van der Waals surface area contributed by atoms with Crippen molar-refractivity contribution < 1.29 is 9.53 Å². The van der Waals surface area contributed by atoms with Crippen LogP contribution in [0.5, 0.6) is 5.75 Å². The molecule has 0 fully saturated rings. The normalized spacial score (nSPS) is 10.9. The number of H-pyrrole nitrogens is 2. The van der Waals surface area contributed by atoms with Gasteiger partial charge in [-0.05, 0) is 18.6 Å². The van der Waals surface area contributed by atoms with E-state index >= 15 is 0 Å². The van der Waals surface area contributed by atoms with Crippen molar-refractivity contribution in [3.05, 3.63) is 50.9 Å². The van der Waals surface area contributed by atoms with Gasteiger partial charge in [-0.25, -0.2) is 9.78 Å². The fraction of sp³-hybridized carbons (Fsp3) is 0.333. The maximum atomic E-state index is 12.3. The minimum atomic E-state index is -0.535. The summed E-state index contributed by atoms with van der Waals surface area (Å²) in [5.41, 5.74) is 0.0213. The first-order chi connectivity index (χ1) is 13.0. The number of carbonyl (C=O) groups excluding carboxylic acids is 1. The Kier molecular flexibility index (Phi) is 5.39. The Bertz CT molecular complexity index is 1080. The largest absolute Gasteiger partial charge is 0.491 e. The Morgan fingerprint density at radius 1 is 1.26 bits per heavy atom. The summed E-state index contributed by atoms with van der Waals surface area (Å²) in [6.45, 7) is 2.58.